The van der Waals surface area contributed by atoms with E-state index in [4.69, 9.17) is 11.6 Å². The zero-order valence-electron chi connectivity index (χ0n) is 14.9. The highest BCUT2D eigenvalue weighted by Gasteiger charge is 2.34. The van der Waals surface area contributed by atoms with Crippen LogP contribution >= 0.6 is 36.4 Å². The SMILES string of the molecule is CN[C@@H]1CCN(CC(c2cccc(Cl)c2)C2CCCCC2O)C1.Cl.Cl. The van der Waals surface area contributed by atoms with Gasteiger partial charge >= 0.3 is 0 Å². The maximum absolute atomic E-state index is 10.6. The molecule has 6 heteroatoms. The van der Waals surface area contributed by atoms with Gasteiger partial charge in [0.25, 0.3) is 0 Å². The van der Waals surface area contributed by atoms with Crippen molar-refractivity contribution in [3.8, 4) is 0 Å². The molecule has 1 aliphatic carbocycles. The number of nitrogens with zero attached hydrogens (tertiary/aromatic N) is 1. The monoisotopic (exact) mass is 408 g/mol. The Labute approximate surface area is 169 Å². The first-order valence-electron chi connectivity index (χ1n) is 9.00. The van der Waals surface area contributed by atoms with E-state index in [1.54, 1.807) is 0 Å². The van der Waals surface area contributed by atoms with Crippen molar-refractivity contribution in [3.63, 3.8) is 0 Å². The van der Waals surface area contributed by atoms with Gasteiger partial charge in [0.05, 0.1) is 6.10 Å². The quantitative estimate of drug-likeness (QED) is 0.768. The zero-order valence-corrected chi connectivity index (χ0v) is 17.3. The number of benzene rings is 1. The van der Waals surface area contributed by atoms with Gasteiger partial charge in [-0.05, 0) is 56.5 Å². The van der Waals surface area contributed by atoms with Crippen LogP contribution in [-0.2, 0) is 0 Å². The summed E-state index contributed by atoms with van der Waals surface area (Å²) in [4.78, 5) is 2.55. The lowest BCUT2D eigenvalue weighted by Gasteiger charge is -2.37. The van der Waals surface area contributed by atoms with Crippen LogP contribution in [0.15, 0.2) is 24.3 Å². The molecule has 0 aromatic heterocycles. The third-order valence-electron chi connectivity index (χ3n) is 5.71. The number of aliphatic hydroxyl groups is 1. The van der Waals surface area contributed by atoms with Crippen molar-refractivity contribution in [1.82, 2.24) is 10.2 Å². The number of nitrogens with one attached hydrogen (secondary N) is 1. The van der Waals surface area contributed by atoms with Gasteiger partial charge in [0.15, 0.2) is 0 Å². The third kappa shape index (κ3) is 5.98. The van der Waals surface area contributed by atoms with Gasteiger partial charge in [0, 0.05) is 30.1 Å². The van der Waals surface area contributed by atoms with Crippen molar-refractivity contribution >= 4 is 36.4 Å². The third-order valence-corrected chi connectivity index (χ3v) is 5.95. The van der Waals surface area contributed by atoms with Crippen LogP contribution in [0.25, 0.3) is 0 Å². The van der Waals surface area contributed by atoms with Crippen LogP contribution in [0.2, 0.25) is 5.02 Å². The first-order chi connectivity index (χ1) is 11.2. The number of hydrogen-bond donors (Lipinski definition) is 2. The molecule has 144 valence electrons. The maximum atomic E-state index is 10.6. The number of halogens is 3. The van der Waals surface area contributed by atoms with Crippen molar-refractivity contribution < 1.29 is 5.11 Å². The molecule has 1 aromatic rings. The van der Waals surface area contributed by atoms with E-state index in [9.17, 15) is 5.11 Å². The van der Waals surface area contributed by atoms with Crippen molar-refractivity contribution in [2.24, 2.45) is 5.92 Å². The molecule has 1 saturated heterocycles. The van der Waals surface area contributed by atoms with E-state index in [-0.39, 0.29) is 30.9 Å². The topological polar surface area (TPSA) is 35.5 Å². The molecular weight excluding hydrogens is 379 g/mol. The predicted molar refractivity (Wildman–Crippen MR) is 111 cm³/mol. The molecule has 3 unspecified atom stereocenters. The fourth-order valence-electron chi connectivity index (χ4n) is 4.35. The molecule has 1 aromatic carbocycles. The summed E-state index contributed by atoms with van der Waals surface area (Å²) in [6, 6.07) is 8.86. The molecule has 0 bridgehead atoms. The lowest BCUT2D eigenvalue weighted by Crippen LogP contribution is -2.38. The average Bonchev–Trinajstić information content (AvgIpc) is 3.01. The Balaban J connectivity index is 0.00000156. The Morgan fingerprint density at radius 3 is 2.64 bits per heavy atom. The number of likely N-dealkylation sites (tertiary alicyclic amines) is 1. The summed E-state index contributed by atoms with van der Waals surface area (Å²) < 4.78 is 0. The number of rotatable bonds is 5. The molecule has 2 aliphatic rings. The summed E-state index contributed by atoms with van der Waals surface area (Å²) >= 11 is 6.24. The Morgan fingerprint density at radius 2 is 2.00 bits per heavy atom. The van der Waals surface area contributed by atoms with Gasteiger partial charge in [-0.15, -0.1) is 24.8 Å². The minimum Gasteiger partial charge on any atom is -0.393 e. The maximum Gasteiger partial charge on any atom is 0.0574 e. The van der Waals surface area contributed by atoms with Crippen LogP contribution in [0.5, 0.6) is 0 Å². The first kappa shape index (κ1) is 23.0. The Bertz CT molecular complexity index is 517. The summed E-state index contributed by atoms with van der Waals surface area (Å²) in [7, 11) is 2.05. The van der Waals surface area contributed by atoms with Crippen LogP contribution in [0.4, 0.5) is 0 Å². The largest absolute Gasteiger partial charge is 0.393 e. The molecule has 1 aliphatic heterocycles. The fraction of sp³-hybridized carbons (Fsp3) is 0.684. The van der Waals surface area contributed by atoms with Gasteiger partial charge in [0.1, 0.15) is 0 Å². The predicted octanol–water partition coefficient (Wildman–Crippen LogP) is 4.11. The van der Waals surface area contributed by atoms with Crippen LogP contribution in [0, 0.1) is 5.92 Å². The molecule has 0 spiro atoms. The van der Waals surface area contributed by atoms with Crippen molar-refractivity contribution in [3.05, 3.63) is 34.9 Å². The Morgan fingerprint density at radius 1 is 1.24 bits per heavy atom. The normalized spacial score (nSPS) is 28.0. The number of likely N-dealkylation sites (N-methyl/N-ethyl adjacent to an activating group) is 1. The second-order valence-corrected chi connectivity index (χ2v) is 7.65. The second kappa shape index (κ2) is 11.0. The van der Waals surface area contributed by atoms with Gasteiger partial charge in [0.2, 0.25) is 0 Å². The summed E-state index contributed by atoms with van der Waals surface area (Å²) in [5, 5.41) is 14.8. The smallest absolute Gasteiger partial charge is 0.0574 e. The molecule has 4 atom stereocenters. The Hall–Kier alpha value is -0.0300. The van der Waals surface area contributed by atoms with Gasteiger partial charge in [-0.2, -0.15) is 0 Å². The highest BCUT2D eigenvalue weighted by atomic mass is 35.5. The molecule has 25 heavy (non-hydrogen) atoms. The molecule has 3 rings (SSSR count). The number of aliphatic hydroxyl groups excluding tert-OH is 1. The molecule has 2 N–H and O–H groups in total. The lowest BCUT2D eigenvalue weighted by atomic mass is 9.75. The molecule has 1 heterocycles. The zero-order chi connectivity index (χ0) is 16.2. The molecule has 2 fully saturated rings. The van der Waals surface area contributed by atoms with Crippen molar-refractivity contribution in [1.29, 1.82) is 0 Å². The van der Waals surface area contributed by atoms with E-state index in [1.165, 1.54) is 18.4 Å². The van der Waals surface area contributed by atoms with Crippen molar-refractivity contribution in [2.75, 3.05) is 26.7 Å². The van der Waals surface area contributed by atoms with Crippen LogP contribution in [0.3, 0.4) is 0 Å². The highest BCUT2D eigenvalue weighted by molar-refractivity contribution is 6.30. The van der Waals surface area contributed by atoms with Crippen LogP contribution in [0.1, 0.15) is 43.6 Å². The van der Waals surface area contributed by atoms with E-state index in [1.807, 2.05) is 19.2 Å². The molecule has 0 radical (unpaired) electrons. The standard InChI is InChI=1S/C19H29ClN2O.2ClH/c1-21-16-9-10-22(12-16)13-18(14-5-4-6-15(20)11-14)17-7-2-3-8-19(17)23;;/h4-6,11,16-19,21,23H,2-3,7-10,12-13H2,1H3;2*1H/t16-,17?,18?,19?;;/m1../s1. The second-order valence-electron chi connectivity index (χ2n) is 7.21. The van der Waals surface area contributed by atoms with Gasteiger partial charge in [-0.25, -0.2) is 0 Å². The molecular formula is C19H31Cl3N2O. The van der Waals surface area contributed by atoms with Gasteiger partial charge in [-0.3, -0.25) is 0 Å². The average molecular weight is 410 g/mol. The van der Waals surface area contributed by atoms with E-state index < -0.39 is 0 Å². The minimum atomic E-state index is -0.171. The number of hydrogen-bond acceptors (Lipinski definition) is 3. The summed E-state index contributed by atoms with van der Waals surface area (Å²) in [6.45, 7) is 3.28. The fourth-order valence-corrected chi connectivity index (χ4v) is 4.55. The first-order valence-corrected chi connectivity index (χ1v) is 9.38. The van der Waals surface area contributed by atoms with Crippen LogP contribution < -0.4 is 5.32 Å². The minimum absolute atomic E-state index is 0. The van der Waals surface area contributed by atoms with Gasteiger partial charge in [-0.1, -0.05) is 36.6 Å². The van der Waals surface area contributed by atoms with E-state index >= 15 is 0 Å². The highest BCUT2D eigenvalue weighted by Crippen LogP contribution is 2.38. The molecule has 3 nitrogen and oxygen atoms in total. The lowest BCUT2D eigenvalue weighted by molar-refractivity contribution is 0.0475. The summed E-state index contributed by atoms with van der Waals surface area (Å²) in [6.07, 6.45) is 5.51. The van der Waals surface area contributed by atoms with Crippen LogP contribution in [-0.4, -0.2) is 48.8 Å². The van der Waals surface area contributed by atoms with Crippen molar-refractivity contribution in [2.45, 2.75) is 50.2 Å². The Kier molecular flexibility index (Phi) is 10.1. The summed E-state index contributed by atoms with van der Waals surface area (Å²) in [5.74, 6) is 0.732. The molecule has 0 amide bonds. The van der Waals surface area contributed by atoms with Gasteiger partial charge < -0.3 is 15.3 Å². The summed E-state index contributed by atoms with van der Waals surface area (Å²) in [5.41, 5.74) is 1.29. The van der Waals surface area contributed by atoms with E-state index in [0.29, 0.717) is 17.9 Å². The van der Waals surface area contributed by atoms with E-state index in [0.717, 1.165) is 43.9 Å². The van der Waals surface area contributed by atoms with E-state index in [2.05, 4.69) is 22.3 Å². The molecule has 1 saturated carbocycles.